The van der Waals surface area contributed by atoms with E-state index in [9.17, 15) is 0 Å². The maximum Gasteiger partial charge on any atom is 0.128 e. The van der Waals surface area contributed by atoms with Crippen LogP contribution in [0.25, 0.3) is 11.3 Å². The molecule has 4 heteroatoms. The topological polar surface area (TPSA) is 30.3 Å². The van der Waals surface area contributed by atoms with E-state index in [2.05, 4.69) is 16.1 Å². The molecule has 0 spiro atoms. The Kier molecular flexibility index (Phi) is 4.55. The Hall–Kier alpha value is -1.81. The van der Waals surface area contributed by atoms with Crippen LogP contribution in [-0.2, 0) is 7.05 Å². The molecule has 1 aliphatic heterocycles. The summed E-state index contributed by atoms with van der Waals surface area (Å²) in [6.07, 6.45) is 5.84. The van der Waals surface area contributed by atoms with Crippen molar-refractivity contribution in [2.24, 2.45) is 7.05 Å². The van der Waals surface area contributed by atoms with E-state index in [0.717, 1.165) is 30.2 Å². The lowest BCUT2D eigenvalue weighted by Gasteiger charge is -2.26. The molecule has 0 atom stereocenters. The average molecular weight is 285 g/mol. The van der Waals surface area contributed by atoms with Crippen LogP contribution in [0.1, 0.15) is 19.3 Å². The van der Waals surface area contributed by atoms with Crippen molar-refractivity contribution in [2.45, 2.75) is 19.3 Å². The van der Waals surface area contributed by atoms with Crippen LogP contribution in [0.4, 0.5) is 0 Å². The fourth-order valence-electron chi connectivity index (χ4n) is 2.91. The van der Waals surface area contributed by atoms with E-state index in [4.69, 9.17) is 4.74 Å². The van der Waals surface area contributed by atoms with Crippen LogP contribution in [0.5, 0.6) is 5.75 Å². The SMILES string of the molecule is Cn1nccc1-c1ccccc1OCCN1CCCCC1. The van der Waals surface area contributed by atoms with Gasteiger partial charge in [-0.2, -0.15) is 5.10 Å². The molecule has 3 rings (SSSR count). The van der Waals surface area contributed by atoms with E-state index < -0.39 is 0 Å². The highest BCUT2D eigenvalue weighted by Gasteiger charge is 2.12. The zero-order valence-electron chi connectivity index (χ0n) is 12.7. The van der Waals surface area contributed by atoms with Gasteiger partial charge in [-0.05, 0) is 44.1 Å². The van der Waals surface area contributed by atoms with Crippen LogP contribution in [0.2, 0.25) is 0 Å². The number of benzene rings is 1. The lowest BCUT2D eigenvalue weighted by Crippen LogP contribution is -2.33. The monoisotopic (exact) mass is 285 g/mol. The maximum atomic E-state index is 6.04. The van der Waals surface area contributed by atoms with Crippen molar-refractivity contribution in [1.29, 1.82) is 0 Å². The zero-order chi connectivity index (χ0) is 14.5. The number of ether oxygens (including phenoxy) is 1. The molecule has 4 nitrogen and oxygen atoms in total. The fourth-order valence-corrected chi connectivity index (χ4v) is 2.91. The standard InChI is InChI=1S/C17H23N3O/c1-19-16(9-10-18-19)15-7-3-4-8-17(15)21-14-13-20-11-5-2-6-12-20/h3-4,7-10H,2,5-6,11-14H2,1H3. The van der Waals surface area contributed by atoms with E-state index in [1.807, 2.05) is 42.2 Å². The van der Waals surface area contributed by atoms with Crippen LogP contribution in [0.3, 0.4) is 0 Å². The first-order valence-electron chi connectivity index (χ1n) is 7.77. The van der Waals surface area contributed by atoms with Gasteiger partial charge in [0.15, 0.2) is 0 Å². The normalized spacial score (nSPS) is 16.0. The highest BCUT2D eigenvalue weighted by Crippen LogP contribution is 2.29. The molecule has 1 aromatic heterocycles. The van der Waals surface area contributed by atoms with Crippen LogP contribution in [0, 0.1) is 0 Å². The van der Waals surface area contributed by atoms with Crippen LogP contribution < -0.4 is 4.74 Å². The second-order valence-electron chi connectivity index (χ2n) is 5.59. The summed E-state index contributed by atoms with van der Waals surface area (Å²) in [5.41, 5.74) is 2.19. The molecule has 1 aromatic carbocycles. The summed E-state index contributed by atoms with van der Waals surface area (Å²) in [5.74, 6) is 0.943. The van der Waals surface area contributed by atoms with E-state index in [-0.39, 0.29) is 0 Å². The second kappa shape index (κ2) is 6.76. The van der Waals surface area contributed by atoms with Crippen LogP contribution in [-0.4, -0.2) is 40.9 Å². The first-order chi connectivity index (χ1) is 10.3. The van der Waals surface area contributed by atoms with Gasteiger partial charge in [-0.15, -0.1) is 0 Å². The number of piperidine rings is 1. The molecule has 112 valence electrons. The molecule has 0 radical (unpaired) electrons. The van der Waals surface area contributed by atoms with Crippen molar-refractivity contribution in [3.05, 3.63) is 36.5 Å². The Morgan fingerprint density at radius 3 is 2.67 bits per heavy atom. The largest absolute Gasteiger partial charge is 0.492 e. The summed E-state index contributed by atoms with van der Waals surface area (Å²) < 4.78 is 7.92. The van der Waals surface area contributed by atoms with Crippen LogP contribution in [0.15, 0.2) is 36.5 Å². The van der Waals surface area contributed by atoms with Gasteiger partial charge in [-0.1, -0.05) is 18.6 Å². The van der Waals surface area contributed by atoms with Crippen molar-refractivity contribution in [2.75, 3.05) is 26.2 Å². The van der Waals surface area contributed by atoms with Crippen molar-refractivity contribution in [3.63, 3.8) is 0 Å². The minimum atomic E-state index is 0.745. The third-order valence-electron chi connectivity index (χ3n) is 4.10. The molecule has 1 saturated heterocycles. The summed E-state index contributed by atoms with van der Waals surface area (Å²) in [7, 11) is 1.96. The number of likely N-dealkylation sites (tertiary alicyclic amines) is 1. The Morgan fingerprint density at radius 1 is 1.10 bits per heavy atom. The molecular weight excluding hydrogens is 262 g/mol. The third-order valence-corrected chi connectivity index (χ3v) is 4.10. The van der Waals surface area contributed by atoms with Gasteiger partial charge in [-0.25, -0.2) is 0 Å². The molecule has 0 unspecified atom stereocenters. The highest BCUT2D eigenvalue weighted by molar-refractivity contribution is 5.67. The van der Waals surface area contributed by atoms with Gasteiger partial charge in [0.1, 0.15) is 12.4 Å². The van der Waals surface area contributed by atoms with E-state index in [0.29, 0.717) is 0 Å². The molecule has 1 aliphatic rings. The van der Waals surface area contributed by atoms with Crippen molar-refractivity contribution < 1.29 is 4.74 Å². The summed E-state index contributed by atoms with van der Waals surface area (Å²) in [5, 5.41) is 4.24. The molecule has 21 heavy (non-hydrogen) atoms. The Bertz CT molecular complexity index is 573. The van der Waals surface area contributed by atoms with Crippen LogP contribution >= 0.6 is 0 Å². The maximum absolute atomic E-state index is 6.04. The highest BCUT2D eigenvalue weighted by atomic mass is 16.5. The quantitative estimate of drug-likeness (QED) is 0.846. The molecule has 0 N–H and O–H groups in total. The third kappa shape index (κ3) is 3.45. The van der Waals surface area contributed by atoms with E-state index in [1.165, 1.54) is 32.4 Å². The van der Waals surface area contributed by atoms with Gasteiger partial charge in [0, 0.05) is 25.4 Å². The zero-order valence-corrected chi connectivity index (χ0v) is 12.7. The lowest BCUT2D eigenvalue weighted by molar-refractivity contribution is 0.183. The molecule has 2 heterocycles. The van der Waals surface area contributed by atoms with Gasteiger partial charge < -0.3 is 4.74 Å². The van der Waals surface area contributed by atoms with E-state index in [1.54, 1.807) is 0 Å². The molecule has 0 saturated carbocycles. The number of aromatic nitrogens is 2. The molecule has 0 aliphatic carbocycles. The van der Waals surface area contributed by atoms with Crippen molar-refractivity contribution >= 4 is 0 Å². The first kappa shape index (κ1) is 14.1. The molecule has 0 amide bonds. The second-order valence-corrected chi connectivity index (χ2v) is 5.59. The van der Waals surface area contributed by atoms with Gasteiger partial charge in [-0.3, -0.25) is 9.58 Å². The number of para-hydroxylation sites is 1. The van der Waals surface area contributed by atoms with Gasteiger partial charge in [0.05, 0.1) is 5.69 Å². The number of aryl methyl sites for hydroxylation is 1. The minimum absolute atomic E-state index is 0.745. The Morgan fingerprint density at radius 2 is 1.90 bits per heavy atom. The summed E-state index contributed by atoms with van der Waals surface area (Å²) in [6.45, 7) is 4.19. The molecule has 0 bridgehead atoms. The smallest absolute Gasteiger partial charge is 0.128 e. The summed E-state index contributed by atoms with van der Waals surface area (Å²) in [4.78, 5) is 2.50. The predicted octanol–water partition coefficient (Wildman–Crippen LogP) is 2.95. The molecule has 2 aromatic rings. The molecule has 1 fully saturated rings. The lowest BCUT2D eigenvalue weighted by atomic mass is 10.1. The van der Waals surface area contributed by atoms with Gasteiger partial charge >= 0.3 is 0 Å². The van der Waals surface area contributed by atoms with Gasteiger partial charge in [0.2, 0.25) is 0 Å². The predicted molar refractivity (Wildman–Crippen MR) is 84.4 cm³/mol. The number of hydrogen-bond acceptors (Lipinski definition) is 3. The number of rotatable bonds is 5. The van der Waals surface area contributed by atoms with Crippen molar-refractivity contribution in [3.8, 4) is 17.0 Å². The summed E-state index contributed by atoms with van der Waals surface area (Å²) in [6, 6.07) is 10.2. The van der Waals surface area contributed by atoms with Gasteiger partial charge in [0.25, 0.3) is 0 Å². The number of hydrogen-bond donors (Lipinski definition) is 0. The fraction of sp³-hybridized carbons (Fsp3) is 0.471. The van der Waals surface area contributed by atoms with E-state index >= 15 is 0 Å². The average Bonchev–Trinajstić information content (AvgIpc) is 2.95. The van der Waals surface area contributed by atoms with Crippen molar-refractivity contribution in [1.82, 2.24) is 14.7 Å². The minimum Gasteiger partial charge on any atom is -0.492 e. The first-order valence-corrected chi connectivity index (χ1v) is 7.77. The Balaban J connectivity index is 1.64. The summed E-state index contributed by atoms with van der Waals surface area (Å²) >= 11 is 0. The Labute approximate surface area is 126 Å². The number of nitrogens with zero attached hydrogens (tertiary/aromatic N) is 3. The molecular formula is C17H23N3O.